The van der Waals surface area contributed by atoms with Crippen molar-refractivity contribution in [2.45, 2.75) is 13.5 Å². The van der Waals surface area contributed by atoms with Gasteiger partial charge in [0.2, 0.25) is 0 Å². The van der Waals surface area contributed by atoms with Crippen LogP contribution < -0.4 is 4.90 Å². The lowest BCUT2D eigenvalue weighted by atomic mass is 10.1. The summed E-state index contributed by atoms with van der Waals surface area (Å²) >= 11 is 0. The standard InChI is InChI=1S/C16H15FN2/c1-2-19(12-13-6-4-3-5-7-13)15-9-8-14(11-18)16(17)10-15/h3-10H,2,12H2,1H3. The van der Waals surface area contributed by atoms with Crippen LogP contribution in [-0.4, -0.2) is 6.54 Å². The van der Waals surface area contributed by atoms with Gasteiger partial charge in [-0.1, -0.05) is 30.3 Å². The smallest absolute Gasteiger partial charge is 0.143 e. The van der Waals surface area contributed by atoms with Gasteiger partial charge in [0.1, 0.15) is 11.9 Å². The fourth-order valence-corrected chi connectivity index (χ4v) is 1.98. The molecule has 0 bridgehead atoms. The van der Waals surface area contributed by atoms with Crippen LogP contribution in [0.25, 0.3) is 0 Å². The third-order valence-electron chi connectivity index (χ3n) is 3.04. The normalized spacial score (nSPS) is 9.95. The largest absolute Gasteiger partial charge is 0.367 e. The number of benzene rings is 2. The number of anilines is 1. The molecule has 0 aliphatic rings. The average Bonchev–Trinajstić information content (AvgIpc) is 2.46. The molecule has 2 rings (SSSR count). The van der Waals surface area contributed by atoms with Crippen molar-refractivity contribution in [3.63, 3.8) is 0 Å². The predicted molar refractivity (Wildman–Crippen MR) is 74.3 cm³/mol. The summed E-state index contributed by atoms with van der Waals surface area (Å²) in [5, 5.41) is 8.74. The summed E-state index contributed by atoms with van der Waals surface area (Å²) in [5.74, 6) is -0.466. The second kappa shape index (κ2) is 6.01. The highest BCUT2D eigenvalue weighted by atomic mass is 19.1. The van der Waals surface area contributed by atoms with Gasteiger partial charge in [0, 0.05) is 18.8 Å². The highest BCUT2D eigenvalue weighted by Crippen LogP contribution is 2.20. The van der Waals surface area contributed by atoms with Crippen LogP contribution >= 0.6 is 0 Å². The zero-order chi connectivity index (χ0) is 13.7. The van der Waals surface area contributed by atoms with Gasteiger partial charge in [0.05, 0.1) is 5.56 Å². The fourth-order valence-electron chi connectivity index (χ4n) is 1.98. The molecular formula is C16H15FN2. The van der Waals surface area contributed by atoms with Crippen LogP contribution in [0.4, 0.5) is 10.1 Å². The van der Waals surface area contributed by atoms with Gasteiger partial charge in [-0.2, -0.15) is 5.26 Å². The lowest BCUT2D eigenvalue weighted by Crippen LogP contribution is -2.22. The topological polar surface area (TPSA) is 27.0 Å². The lowest BCUT2D eigenvalue weighted by molar-refractivity contribution is 0.622. The van der Waals surface area contributed by atoms with E-state index in [4.69, 9.17) is 5.26 Å². The molecule has 0 spiro atoms. The molecule has 0 unspecified atom stereocenters. The Kier molecular flexibility index (Phi) is 4.15. The van der Waals surface area contributed by atoms with Crippen LogP contribution in [0, 0.1) is 17.1 Å². The van der Waals surface area contributed by atoms with E-state index >= 15 is 0 Å². The van der Waals surface area contributed by atoms with E-state index < -0.39 is 5.82 Å². The molecule has 2 nitrogen and oxygen atoms in total. The first-order valence-electron chi connectivity index (χ1n) is 6.23. The van der Waals surface area contributed by atoms with E-state index in [1.54, 1.807) is 6.07 Å². The number of halogens is 1. The Morgan fingerprint density at radius 1 is 1.16 bits per heavy atom. The third-order valence-corrected chi connectivity index (χ3v) is 3.04. The van der Waals surface area contributed by atoms with Crippen molar-refractivity contribution in [2.24, 2.45) is 0 Å². The lowest BCUT2D eigenvalue weighted by Gasteiger charge is -2.23. The van der Waals surface area contributed by atoms with E-state index in [-0.39, 0.29) is 5.56 Å². The molecule has 3 heteroatoms. The average molecular weight is 254 g/mol. The molecule has 0 N–H and O–H groups in total. The molecule has 0 saturated carbocycles. The van der Waals surface area contributed by atoms with Crippen molar-refractivity contribution >= 4 is 5.69 Å². The molecule has 0 fully saturated rings. The van der Waals surface area contributed by atoms with Gasteiger partial charge in [0.25, 0.3) is 0 Å². The zero-order valence-electron chi connectivity index (χ0n) is 10.8. The van der Waals surface area contributed by atoms with E-state index in [0.29, 0.717) is 0 Å². The van der Waals surface area contributed by atoms with Crippen LogP contribution in [0.5, 0.6) is 0 Å². The molecule has 0 atom stereocenters. The Hall–Kier alpha value is -2.34. The fraction of sp³-hybridized carbons (Fsp3) is 0.188. The number of nitriles is 1. The number of nitrogens with zero attached hydrogens (tertiary/aromatic N) is 2. The molecule has 0 aromatic heterocycles. The van der Waals surface area contributed by atoms with E-state index in [1.165, 1.54) is 17.7 Å². The quantitative estimate of drug-likeness (QED) is 0.831. The number of hydrogen-bond acceptors (Lipinski definition) is 2. The Bertz CT molecular complexity index is 587. The summed E-state index contributed by atoms with van der Waals surface area (Å²) in [5.41, 5.74) is 2.05. The molecular weight excluding hydrogens is 239 g/mol. The van der Waals surface area contributed by atoms with E-state index in [2.05, 4.69) is 4.90 Å². The monoisotopic (exact) mass is 254 g/mol. The minimum atomic E-state index is -0.466. The minimum absolute atomic E-state index is 0.0829. The Morgan fingerprint density at radius 2 is 1.89 bits per heavy atom. The van der Waals surface area contributed by atoms with Gasteiger partial charge in [-0.3, -0.25) is 0 Å². The van der Waals surface area contributed by atoms with Crippen LogP contribution in [-0.2, 0) is 6.54 Å². The van der Waals surface area contributed by atoms with Gasteiger partial charge in [-0.25, -0.2) is 4.39 Å². The van der Waals surface area contributed by atoms with Crippen molar-refractivity contribution < 1.29 is 4.39 Å². The van der Waals surface area contributed by atoms with Crippen molar-refractivity contribution in [1.29, 1.82) is 5.26 Å². The summed E-state index contributed by atoms with van der Waals surface area (Å²) in [6.07, 6.45) is 0. The minimum Gasteiger partial charge on any atom is -0.367 e. The van der Waals surface area contributed by atoms with Gasteiger partial charge in [0.15, 0.2) is 0 Å². The highest BCUT2D eigenvalue weighted by Gasteiger charge is 2.08. The first-order valence-corrected chi connectivity index (χ1v) is 6.23. The van der Waals surface area contributed by atoms with Gasteiger partial charge < -0.3 is 4.90 Å². The molecule has 2 aromatic rings. The van der Waals surface area contributed by atoms with Crippen LogP contribution in [0.3, 0.4) is 0 Å². The van der Waals surface area contributed by atoms with Gasteiger partial charge in [-0.15, -0.1) is 0 Å². The summed E-state index contributed by atoms with van der Waals surface area (Å²) in [7, 11) is 0. The zero-order valence-corrected chi connectivity index (χ0v) is 10.8. The van der Waals surface area contributed by atoms with Gasteiger partial charge >= 0.3 is 0 Å². The van der Waals surface area contributed by atoms with E-state index in [1.807, 2.05) is 43.3 Å². The molecule has 0 aliphatic heterocycles. The maximum Gasteiger partial charge on any atom is 0.143 e. The molecule has 19 heavy (non-hydrogen) atoms. The molecule has 0 radical (unpaired) electrons. The summed E-state index contributed by atoms with van der Waals surface area (Å²) < 4.78 is 13.6. The molecule has 0 amide bonds. The Balaban J connectivity index is 2.23. The van der Waals surface area contributed by atoms with Crippen molar-refractivity contribution in [1.82, 2.24) is 0 Å². The third kappa shape index (κ3) is 3.11. The maximum atomic E-state index is 13.6. The van der Waals surface area contributed by atoms with E-state index in [0.717, 1.165) is 18.8 Å². The Morgan fingerprint density at radius 3 is 2.47 bits per heavy atom. The van der Waals surface area contributed by atoms with E-state index in [9.17, 15) is 4.39 Å². The first kappa shape index (κ1) is 13.1. The van der Waals surface area contributed by atoms with Crippen molar-refractivity contribution in [3.05, 3.63) is 65.5 Å². The molecule has 0 saturated heterocycles. The highest BCUT2D eigenvalue weighted by molar-refractivity contribution is 5.50. The van der Waals surface area contributed by atoms with Crippen LogP contribution in [0.15, 0.2) is 48.5 Å². The summed E-state index contributed by atoms with van der Waals surface area (Å²) in [4.78, 5) is 2.07. The van der Waals surface area contributed by atoms with Crippen LogP contribution in [0.1, 0.15) is 18.1 Å². The molecule has 0 heterocycles. The molecule has 96 valence electrons. The Labute approximate surface area is 112 Å². The molecule has 2 aromatic carbocycles. The van der Waals surface area contributed by atoms with Gasteiger partial charge in [-0.05, 0) is 30.7 Å². The number of rotatable bonds is 4. The summed E-state index contributed by atoms with van der Waals surface area (Å²) in [6, 6.07) is 16.6. The second-order valence-electron chi connectivity index (χ2n) is 4.28. The SMILES string of the molecule is CCN(Cc1ccccc1)c1ccc(C#N)c(F)c1. The summed E-state index contributed by atoms with van der Waals surface area (Å²) in [6.45, 7) is 3.53. The van der Waals surface area contributed by atoms with Crippen LogP contribution in [0.2, 0.25) is 0 Å². The molecule has 0 aliphatic carbocycles. The number of hydrogen-bond donors (Lipinski definition) is 0. The maximum absolute atomic E-state index is 13.6. The first-order chi connectivity index (χ1) is 9.24. The second-order valence-corrected chi connectivity index (χ2v) is 4.28. The predicted octanol–water partition coefficient (Wildman–Crippen LogP) is 3.72. The van der Waals surface area contributed by atoms with Crippen molar-refractivity contribution in [2.75, 3.05) is 11.4 Å². The van der Waals surface area contributed by atoms with Crippen molar-refractivity contribution in [3.8, 4) is 6.07 Å².